The van der Waals surface area contributed by atoms with Crippen LogP contribution in [0.5, 0.6) is 5.75 Å². The highest BCUT2D eigenvalue weighted by Gasteiger charge is 2.10. The van der Waals surface area contributed by atoms with Crippen LogP contribution in [0, 0.1) is 0 Å². The lowest BCUT2D eigenvalue weighted by atomic mass is 10.2. The second-order valence-electron chi connectivity index (χ2n) is 4.45. The summed E-state index contributed by atoms with van der Waals surface area (Å²) in [5.41, 5.74) is 0.863. The number of thioether (sulfide) groups is 1. The molecule has 0 atom stereocenters. The van der Waals surface area contributed by atoms with Crippen LogP contribution in [0.1, 0.15) is 5.89 Å². The first kappa shape index (κ1) is 14.9. The van der Waals surface area contributed by atoms with Crippen molar-refractivity contribution in [2.75, 3.05) is 7.11 Å². The molecule has 0 aliphatic heterocycles. The zero-order valence-corrected chi connectivity index (χ0v) is 13.4. The number of rotatable bonds is 5. The van der Waals surface area contributed by atoms with Crippen molar-refractivity contribution in [2.24, 2.45) is 0 Å². The van der Waals surface area contributed by atoms with Gasteiger partial charge in [0.2, 0.25) is 11.8 Å². The van der Waals surface area contributed by atoms with Crippen LogP contribution in [0.3, 0.4) is 0 Å². The van der Waals surface area contributed by atoms with Gasteiger partial charge in [-0.25, -0.2) is 0 Å². The third-order valence-electron chi connectivity index (χ3n) is 2.99. The van der Waals surface area contributed by atoms with Crippen molar-refractivity contribution in [3.8, 4) is 17.2 Å². The Labute approximate surface area is 137 Å². The summed E-state index contributed by atoms with van der Waals surface area (Å²) in [7, 11) is 1.63. The largest absolute Gasteiger partial charge is 0.497 e. The van der Waals surface area contributed by atoms with Gasteiger partial charge < -0.3 is 9.15 Å². The van der Waals surface area contributed by atoms with Gasteiger partial charge in [0, 0.05) is 10.5 Å². The molecule has 3 rings (SSSR count). The van der Waals surface area contributed by atoms with Crippen LogP contribution < -0.4 is 4.74 Å². The molecule has 0 saturated heterocycles. The molecule has 0 amide bonds. The molecule has 0 aliphatic rings. The lowest BCUT2D eigenvalue weighted by Crippen LogP contribution is -1.82. The average molecular weight is 333 g/mol. The van der Waals surface area contributed by atoms with Crippen LogP contribution in [0.15, 0.2) is 57.8 Å². The highest BCUT2D eigenvalue weighted by atomic mass is 35.5. The van der Waals surface area contributed by atoms with E-state index in [4.69, 9.17) is 20.8 Å². The molecule has 0 N–H and O–H groups in total. The van der Waals surface area contributed by atoms with Gasteiger partial charge in [0.1, 0.15) is 5.75 Å². The lowest BCUT2D eigenvalue weighted by Gasteiger charge is -2.01. The lowest BCUT2D eigenvalue weighted by molar-refractivity contribution is 0.415. The second-order valence-corrected chi connectivity index (χ2v) is 5.87. The SMILES string of the molecule is COc1ccc(-c2nnc(CSc3ccccc3Cl)o2)cc1. The standard InChI is InChI=1S/C16H13ClN2O2S/c1-20-12-8-6-11(7-9-12)16-19-18-15(21-16)10-22-14-5-3-2-4-13(14)17/h2-9H,10H2,1H3. The fourth-order valence-electron chi connectivity index (χ4n) is 1.86. The van der Waals surface area contributed by atoms with Gasteiger partial charge in [-0.15, -0.1) is 22.0 Å². The molecule has 22 heavy (non-hydrogen) atoms. The van der Waals surface area contributed by atoms with Gasteiger partial charge in [-0.3, -0.25) is 0 Å². The summed E-state index contributed by atoms with van der Waals surface area (Å²) in [5, 5.41) is 8.87. The molecule has 0 aliphatic carbocycles. The van der Waals surface area contributed by atoms with Crippen LogP contribution in [-0.4, -0.2) is 17.3 Å². The third kappa shape index (κ3) is 3.43. The monoisotopic (exact) mass is 332 g/mol. The van der Waals surface area contributed by atoms with E-state index in [0.29, 0.717) is 17.5 Å². The number of hydrogen-bond acceptors (Lipinski definition) is 5. The molecule has 0 radical (unpaired) electrons. The van der Waals surface area contributed by atoms with E-state index in [1.54, 1.807) is 18.9 Å². The highest BCUT2D eigenvalue weighted by Crippen LogP contribution is 2.30. The molecular weight excluding hydrogens is 320 g/mol. The normalized spacial score (nSPS) is 10.6. The Morgan fingerprint density at radius 2 is 1.86 bits per heavy atom. The first-order valence-corrected chi connectivity index (χ1v) is 7.97. The van der Waals surface area contributed by atoms with Gasteiger partial charge in [-0.1, -0.05) is 23.7 Å². The predicted octanol–water partition coefficient (Wildman–Crippen LogP) is 4.69. The van der Waals surface area contributed by atoms with E-state index in [-0.39, 0.29) is 0 Å². The smallest absolute Gasteiger partial charge is 0.247 e. The minimum absolute atomic E-state index is 0.498. The molecule has 112 valence electrons. The first-order valence-electron chi connectivity index (χ1n) is 6.60. The first-order chi connectivity index (χ1) is 10.8. The van der Waals surface area contributed by atoms with Crippen molar-refractivity contribution < 1.29 is 9.15 Å². The van der Waals surface area contributed by atoms with Crippen LogP contribution in [0.4, 0.5) is 0 Å². The van der Waals surface area contributed by atoms with E-state index in [1.165, 1.54) is 0 Å². The average Bonchev–Trinajstić information content (AvgIpc) is 3.03. The fraction of sp³-hybridized carbons (Fsp3) is 0.125. The van der Waals surface area contributed by atoms with Gasteiger partial charge >= 0.3 is 0 Å². The van der Waals surface area contributed by atoms with Crippen molar-refractivity contribution >= 4 is 23.4 Å². The molecule has 0 fully saturated rings. The van der Waals surface area contributed by atoms with Crippen LogP contribution in [0.25, 0.3) is 11.5 Å². The number of hydrogen-bond donors (Lipinski definition) is 0. The summed E-state index contributed by atoms with van der Waals surface area (Å²) >= 11 is 7.69. The van der Waals surface area contributed by atoms with Gasteiger partial charge in [0.25, 0.3) is 0 Å². The van der Waals surface area contributed by atoms with E-state index in [0.717, 1.165) is 21.2 Å². The van der Waals surface area contributed by atoms with E-state index < -0.39 is 0 Å². The number of aromatic nitrogens is 2. The number of ether oxygens (including phenoxy) is 1. The number of nitrogens with zero attached hydrogens (tertiary/aromatic N) is 2. The second kappa shape index (κ2) is 6.85. The van der Waals surface area contributed by atoms with Crippen molar-refractivity contribution in [2.45, 2.75) is 10.6 Å². The van der Waals surface area contributed by atoms with Gasteiger partial charge in [-0.05, 0) is 36.4 Å². The van der Waals surface area contributed by atoms with E-state index in [1.807, 2.05) is 48.5 Å². The Kier molecular flexibility index (Phi) is 4.65. The van der Waals surface area contributed by atoms with E-state index in [9.17, 15) is 0 Å². The maximum absolute atomic E-state index is 6.12. The summed E-state index contributed by atoms with van der Waals surface area (Å²) in [4.78, 5) is 0.994. The molecular formula is C16H13ClN2O2S. The maximum Gasteiger partial charge on any atom is 0.247 e. The summed E-state index contributed by atoms with van der Waals surface area (Å²) in [6, 6.07) is 15.2. The summed E-state index contributed by atoms with van der Waals surface area (Å²) in [6.45, 7) is 0. The van der Waals surface area contributed by atoms with Crippen LogP contribution >= 0.6 is 23.4 Å². The van der Waals surface area contributed by atoms with Crippen molar-refractivity contribution in [3.05, 3.63) is 59.4 Å². The van der Waals surface area contributed by atoms with Crippen LogP contribution in [-0.2, 0) is 5.75 Å². The number of methoxy groups -OCH3 is 1. The minimum Gasteiger partial charge on any atom is -0.497 e. The summed E-state index contributed by atoms with van der Waals surface area (Å²) < 4.78 is 10.8. The molecule has 3 aromatic rings. The summed E-state index contributed by atoms with van der Waals surface area (Å²) in [5.74, 6) is 2.43. The van der Waals surface area contributed by atoms with Crippen molar-refractivity contribution in [1.82, 2.24) is 10.2 Å². The molecule has 2 aromatic carbocycles. The minimum atomic E-state index is 0.498. The zero-order chi connectivity index (χ0) is 15.4. The predicted molar refractivity (Wildman–Crippen MR) is 87.3 cm³/mol. The van der Waals surface area contributed by atoms with Crippen molar-refractivity contribution in [3.63, 3.8) is 0 Å². The highest BCUT2D eigenvalue weighted by molar-refractivity contribution is 7.98. The Balaban J connectivity index is 1.69. The quantitative estimate of drug-likeness (QED) is 0.634. The Hall–Kier alpha value is -1.98. The number of benzene rings is 2. The van der Waals surface area contributed by atoms with Gasteiger partial charge in [-0.2, -0.15) is 0 Å². The Morgan fingerprint density at radius 3 is 2.59 bits per heavy atom. The number of halogens is 1. The molecule has 0 bridgehead atoms. The third-order valence-corrected chi connectivity index (χ3v) is 4.49. The molecule has 1 heterocycles. The molecule has 0 unspecified atom stereocenters. The molecule has 0 spiro atoms. The molecule has 4 nitrogen and oxygen atoms in total. The zero-order valence-electron chi connectivity index (χ0n) is 11.8. The molecule has 1 aromatic heterocycles. The molecule has 6 heteroatoms. The maximum atomic E-state index is 6.12. The van der Waals surface area contributed by atoms with Gasteiger partial charge in [0.05, 0.1) is 17.9 Å². The fourth-order valence-corrected chi connectivity index (χ4v) is 2.94. The Bertz CT molecular complexity index is 759. The van der Waals surface area contributed by atoms with Crippen molar-refractivity contribution in [1.29, 1.82) is 0 Å². The van der Waals surface area contributed by atoms with E-state index in [2.05, 4.69) is 10.2 Å². The topological polar surface area (TPSA) is 48.2 Å². The molecule has 0 saturated carbocycles. The van der Waals surface area contributed by atoms with Crippen LogP contribution in [0.2, 0.25) is 5.02 Å². The summed E-state index contributed by atoms with van der Waals surface area (Å²) in [6.07, 6.45) is 0. The van der Waals surface area contributed by atoms with Gasteiger partial charge in [0.15, 0.2) is 0 Å². The van der Waals surface area contributed by atoms with E-state index >= 15 is 0 Å². The Morgan fingerprint density at radius 1 is 1.09 bits per heavy atom.